The van der Waals surface area contributed by atoms with Gasteiger partial charge >= 0.3 is 5.97 Å². The quantitative estimate of drug-likeness (QED) is 0.879. The molecule has 88 valence electrons. The minimum atomic E-state index is -2.92. The molecule has 0 spiro atoms. The maximum absolute atomic E-state index is 13.1. The summed E-state index contributed by atoms with van der Waals surface area (Å²) in [4.78, 5) is 16.1. The standard InChI is InChI=1S/C9H10F2N2O2S/c10-9(11)3-6(8(14)15)13(5-9)4-7-12-1-2-16-7/h1-2,6H,3-5H2,(H,14,15)/t6-/m1/s1. The van der Waals surface area contributed by atoms with Crippen molar-refractivity contribution in [3.8, 4) is 0 Å². The fraction of sp³-hybridized carbons (Fsp3) is 0.556. The molecule has 2 heterocycles. The van der Waals surface area contributed by atoms with E-state index >= 15 is 0 Å². The molecule has 1 fully saturated rings. The summed E-state index contributed by atoms with van der Waals surface area (Å²) in [5, 5.41) is 11.2. The number of thiazole rings is 1. The summed E-state index contributed by atoms with van der Waals surface area (Å²) in [7, 11) is 0. The van der Waals surface area contributed by atoms with Crippen LogP contribution in [-0.4, -0.2) is 39.5 Å². The second-order valence-corrected chi connectivity index (χ2v) is 4.72. The number of likely N-dealkylation sites (tertiary alicyclic amines) is 1. The van der Waals surface area contributed by atoms with E-state index in [0.29, 0.717) is 5.01 Å². The number of halogens is 2. The van der Waals surface area contributed by atoms with E-state index < -0.39 is 30.9 Å². The van der Waals surface area contributed by atoms with Crippen LogP contribution in [0.5, 0.6) is 0 Å². The van der Waals surface area contributed by atoms with Gasteiger partial charge in [-0.1, -0.05) is 0 Å². The molecular weight excluding hydrogens is 238 g/mol. The molecule has 0 unspecified atom stereocenters. The summed E-state index contributed by atoms with van der Waals surface area (Å²) in [6, 6.07) is -1.11. The SMILES string of the molecule is O=C(O)[C@H]1CC(F)(F)CN1Cc1nccs1. The molecule has 1 aromatic heterocycles. The van der Waals surface area contributed by atoms with Crippen molar-refractivity contribution in [2.75, 3.05) is 6.54 Å². The first-order chi connectivity index (χ1) is 7.48. The first-order valence-corrected chi connectivity index (χ1v) is 5.59. The normalized spacial score (nSPS) is 24.8. The maximum Gasteiger partial charge on any atom is 0.321 e. The van der Waals surface area contributed by atoms with Crippen molar-refractivity contribution in [1.82, 2.24) is 9.88 Å². The molecule has 1 atom stereocenters. The Balaban J connectivity index is 2.10. The number of aliphatic carboxylic acids is 1. The van der Waals surface area contributed by atoms with Gasteiger partial charge in [-0.3, -0.25) is 9.69 Å². The largest absolute Gasteiger partial charge is 0.480 e. The highest BCUT2D eigenvalue weighted by molar-refractivity contribution is 7.09. The van der Waals surface area contributed by atoms with Crippen molar-refractivity contribution in [3.05, 3.63) is 16.6 Å². The monoisotopic (exact) mass is 248 g/mol. The number of carboxylic acid groups (broad SMARTS) is 1. The summed E-state index contributed by atoms with van der Waals surface area (Å²) >= 11 is 1.33. The van der Waals surface area contributed by atoms with Gasteiger partial charge < -0.3 is 5.11 Å². The first-order valence-electron chi connectivity index (χ1n) is 4.71. The Morgan fingerprint density at radius 1 is 1.75 bits per heavy atom. The van der Waals surface area contributed by atoms with Gasteiger partial charge in [-0.05, 0) is 0 Å². The Labute approximate surface area is 94.5 Å². The lowest BCUT2D eigenvalue weighted by Crippen LogP contribution is -2.35. The molecule has 0 saturated carbocycles. The number of carbonyl (C=O) groups is 1. The first kappa shape index (κ1) is 11.4. The minimum absolute atomic E-state index is 0.171. The van der Waals surface area contributed by atoms with Crippen LogP contribution < -0.4 is 0 Å². The van der Waals surface area contributed by atoms with Gasteiger partial charge in [0.05, 0.1) is 13.1 Å². The Bertz CT molecular complexity index is 383. The van der Waals surface area contributed by atoms with Gasteiger partial charge in [0.25, 0.3) is 5.92 Å². The van der Waals surface area contributed by atoms with E-state index in [1.54, 1.807) is 11.6 Å². The number of alkyl halides is 2. The van der Waals surface area contributed by atoms with Crippen molar-refractivity contribution in [2.45, 2.75) is 24.9 Å². The van der Waals surface area contributed by atoms with Crippen molar-refractivity contribution in [2.24, 2.45) is 0 Å². The molecule has 2 rings (SSSR count). The molecule has 1 aromatic rings. The molecule has 1 aliphatic rings. The van der Waals surface area contributed by atoms with Crippen LogP contribution in [0.4, 0.5) is 8.78 Å². The van der Waals surface area contributed by atoms with Crippen molar-refractivity contribution >= 4 is 17.3 Å². The topological polar surface area (TPSA) is 53.4 Å². The summed E-state index contributed by atoms with van der Waals surface area (Å²) < 4.78 is 26.2. The third-order valence-corrected chi connectivity index (χ3v) is 3.24. The van der Waals surface area contributed by atoms with Gasteiger partial charge in [-0.25, -0.2) is 13.8 Å². The lowest BCUT2D eigenvalue weighted by atomic mass is 10.2. The predicted molar refractivity (Wildman–Crippen MR) is 53.5 cm³/mol. The average molecular weight is 248 g/mol. The van der Waals surface area contributed by atoms with Gasteiger partial charge in [0.15, 0.2) is 0 Å². The molecule has 0 radical (unpaired) electrons. The zero-order valence-corrected chi connectivity index (χ0v) is 9.08. The molecule has 16 heavy (non-hydrogen) atoms. The van der Waals surface area contributed by atoms with E-state index in [1.807, 2.05) is 0 Å². The number of aromatic nitrogens is 1. The fourth-order valence-corrected chi connectivity index (χ4v) is 2.44. The van der Waals surface area contributed by atoms with Crippen LogP contribution in [0, 0.1) is 0 Å². The van der Waals surface area contributed by atoms with Crippen molar-refractivity contribution in [1.29, 1.82) is 0 Å². The van der Waals surface area contributed by atoms with Crippen molar-refractivity contribution in [3.63, 3.8) is 0 Å². The fourth-order valence-electron chi connectivity index (χ4n) is 1.80. The van der Waals surface area contributed by atoms with Gasteiger partial charge in [0, 0.05) is 18.0 Å². The van der Waals surface area contributed by atoms with Crippen LogP contribution in [0.3, 0.4) is 0 Å². The Morgan fingerprint density at radius 2 is 2.50 bits per heavy atom. The van der Waals surface area contributed by atoms with Crippen LogP contribution in [0.1, 0.15) is 11.4 Å². The summed E-state index contributed by atoms with van der Waals surface area (Å²) in [6.45, 7) is -0.340. The van der Waals surface area contributed by atoms with Crippen LogP contribution in [0.2, 0.25) is 0 Å². The summed E-state index contributed by atoms with van der Waals surface area (Å²) in [5.41, 5.74) is 0. The highest BCUT2D eigenvalue weighted by atomic mass is 32.1. The van der Waals surface area contributed by atoms with Gasteiger partial charge in [0.1, 0.15) is 11.0 Å². The molecule has 0 bridgehead atoms. The van der Waals surface area contributed by atoms with E-state index in [4.69, 9.17) is 5.11 Å². The Morgan fingerprint density at radius 3 is 3.06 bits per heavy atom. The molecular formula is C9H10F2N2O2S. The van der Waals surface area contributed by atoms with E-state index in [2.05, 4.69) is 4.98 Å². The zero-order chi connectivity index (χ0) is 11.8. The van der Waals surface area contributed by atoms with E-state index in [1.165, 1.54) is 16.2 Å². The molecule has 7 heteroatoms. The second-order valence-electron chi connectivity index (χ2n) is 3.74. The van der Waals surface area contributed by atoms with E-state index in [0.717, 1.165) is 0 Å². The molecule has 1 saturated heterocycles. The third kappa shape index (κ3) is 2.35. The summed E-state index contributed by atoms with van der Waals surface area (Å²) in [5.74, 6) is -4.12. The van der Waals surface area contributed by atoms with Gasteiger partial charge in [-0.15, -0.1) is 11.3 Å². The molecule has 0 aliphatic carbocycles. The summed E-state index contributed by atoms with van der Waals surface area (Å²) in [6.07, 6.45) is 0.956. The van der Waals surface area contributed by atoms with Gasteiger partial charge in [0.2, 0.25) is 0 Å². The zero-order valence-electron chi connectivity index (χ0n) is 8.27. The number of hydrogen-bond acceptors (Lipinski definition) is 4. The van der Waals surface area contributed by atoms with Crippen LogP contribution in [0.15, 0.2) is 11.6 Å². The molecule has 1 aliphatic heterocycles. The third-order valence-electron chi connectivity index (χ3n) is 2.47. The molecule has 0 aromatic carbocycles. The van der Waals surface area contributed by atoms with E-state index in [9.17, 15) is 13.6 Å². The van der Waals surface area contributed by atoms with Gasteiger partial charge in [-0.2, -0.15) is 0 Å². The number of hydrogen-bond donors (Lipinski definition) is 1. The lowest BCUT2D eigenvalue weighted by molar-refractivity contribution is -0.142. The smallest absolute Gasteiger partial charge is 0.321 e. The predicted octanol–water partition coefficient (Wildman–Crippen LogP) is 1.44. The molecule has 0 amide bonds. The molecule has 1 N–H and O–H groups in total. The number of nitrogens with zero attached hydrogens (tertiary/aromatic N) is 2. The van der Waals surface area contributed by atoms with Crippen LogP contribution in [-0.2, 0) is 11.3 Å². The number of carboxylic acids is 1. The highest BCUT2D eigenvalue weighted by Gasteiger charge is 2.48. The number of rotatable bonds is 3. The van der Waals surface area contributed by atoms with E-state index in [-0.39, 0.29) is 6.54 Å². The average Bonchev–Trinajstić information content (AvgIpc) is 2.74. The van der Waals surface area contributed by atoms with Crippen LogP contribution >= 0.6 is 11.3 Å². The highest BCUT2D eigenvalue weighted by Crippen LogP contribution is 2.33. The molecule has 4 nitrogen and oxygen atoms in total. The Kier molecular flexibility index (Phi) is 2.90. The Hall–Kier alpha value is -1.08. The maximum atomic E-state index is 13.1. The minimum Gasteiger partial charge on any atom is -0.480 e. The lowest BCUT2D eigenvalue weighted by Gasteiger charge is -2.18. The van der Waals surface area contributed by atoms with Crippen LogP contribution in [0.25, 0.3) is 0 Å². The second kappa shape index (κ2) is 4.06. The van der Waals surface area contributed by atoms with Crippen molar-refractivity contribution < 1.29 is 18.7 Å².